The molecule has 0 spiro atoms. The summed E-state index contributed by atoms with van der Waals surface area (Å²) in [6, 6.07) is 7.96. The highest BCUT2D eigenvalue weighted by molar-refractivity contribution is 5.90. The molecule has 0 heterocycles. The zero-order valence-corrected chi connectivity index (χ0v) is 11.5. The van der Waals surface area contributed by atoms with Gasteiger partial charge in [-0.25, -0.2) is 0 Å². The minimum atomic E-state index is 0.00644. The van der Waals surface area contributed by atoms with Gasteiger partial charge in [-0.1, -0.05) is 32.9 Å². The first-order valence-corrected chi connectivity index (χ1v) is 6.45. The zero-order chi connectivity index (χ0) is 13.6. The van der Waals surface area contributed by atoms with E-state index in [2.05, 4.69) is 26.1 Å². The second-order valence-corrected chi connectivity index (χ2v) is 5.56. The number of aliphatic hydroxyl groups is 1. The summed E-state index contributed by atoms with van der Waals surface area (Å²) in [7, 11) is 0. The third kappa shape index (κ3) is 4.88. The Labute approximate surface area is 109 Å². The van der Waals surface area contributed by atoms with Gasteiger partial charge >= 0.3 is 0 Å². The molecule has 3 nitrogen and oxygen atoms in total. The Balaban J connectivity index is 2.51. The molecule has 0 unspecified atom stereocenters. The molecule has 0 radical (unpaired) electrons. The summed E-state index contributed by atoms with van der Waals surface area (Å²) in [5.74, 6) is 0.00644. The molecule has 0 aliphatic rings. The number of amides is 1. The van der Waals surface area contributed by atoms with Crippen LogP contribution in [0.3, 0.4) is 0 Å². The largest absolute Gasteiger partial charge is 0.396 e. The van der Waals surface area contributed by atoms with E-state index in [9.17, 15) is 4.79 Å². The maximum atomic E-state index is 11.6. The van der Waals surface area contributed by atoms with Crippen LogP contribution in [0.5, 0.6) is 0 Å². The predicted octanol–water partition coefficient (Wildman–Crippen LogP) is 3.09. The highest BCUT2D eigenvalue weighted by Crippen LogP contribution is 2.23. The lowest BCUT2D eigenvalue weighted by Gasteiger charge is -2.19. The van der Waals surface area contributed by atoms with Crippen LogP contribution in [0.1, 0.15) is 45.6 Å². The second-order valence-electron chi connectivity index (χ2n) is 5.56. The number of carbonyl (C=O) groups excluding carboxylic acids is 1. The number of nitrogens with one attached hydrogen (secondary N) is 1. The Bertz CT molecular complexity index is 376. The highest BCUT2D eigenvalue weighted by atomic mass is 16.2. The number of rotatable bonds is 5. The van der Waals surface area contributed by atoms with Crippen LogP contribution in [-0.4, -0.2) is 17.6 Å². The van der Waals surface area contributed by atoms with Crippen molar-refractivity contribution in [2.45, 2.75) is 45.4 Å². The fourth-order valence-electron chi connectivity index (χ4n) is 1.67. The van der Waals surface area contributed by atoms with Gasteiger partial charge in [0.2, 0.25) is 5.91 Å². The lowest BCUT2D eigenvalue weighted by Crippen LogP contribution is -2.13. The molecule has 100 valence electrons. The summed E-state index contributed by atoms with van der Waals surface area (Å²) < 4.78 is 0. The number of hydrogen-bond acceptors (Lipinski definition) is 2. The first kappa shape index (κ1) is 14.7. The molecule has 0 aromatic heterocycles. The Kier molecular flexibility index (Phi) is 5.35. The summed E-state index contributed by atoms with van der Waals surface area (Å²) in [5, 5.41) is 11.5. The van der Waals surface area contributed by atoms with Crippen LogP contribution < -0.4 is 5.32 Å². The molecule has 0 fully saturated rings. The first-order valence-electron chi connectivity index (χ1n) is 6.45. The van der Waals surface area contributed by atoms with Gasteiger partial charge in [0, 0.05) is 18.7 Å². The van der Waals surface area contributed by atoms with Gasteiger partial charge in [0.15, 0.2) is 0 Å². The van der Waals surface area contributed by atoms with Crippen LogP contribution in [0.4, 0.5) is 5.69 Å². The molecule has 0 saturated heterocycles. The van der Waals surface area contributed by atoms with Crippen LogP contribution >= 0.6 is 0 Å². The molecular weight excluding hydrogens is 226 g/mol. The Morgan fingerprint density at radius 1 is 1.17 bits per heavy atom. The highest BCUT2D eigenvalue weighted by Gasteiger charge is 2.13. The fraction of sp³-hybridized carbons (Fsp3) is 0.533. The summed E-state index contributed by atoms with van der Waals surface area (Å²) in [6.07, 6.45) is 1.86. The molecule has 0 aliphatic carbocycles. The first-order chi connectivity index (χ1) is 8.43. The van der Waals surface area contributed by atoms with Crippen LogP contribution in [0.2, 0.25) is 0 Å². The van der Waals surface area contributed by atoms with Crippen molar-refractivity contribution in [2.24, 2.45) is 0 Å². The Morgan fingerprint density at radius 3 is 2.28 bits per heavy atom. The number of benzene rings is 1. The number of hydrogen-bond donors (Lipinski definition) is 2. The average molecular weight is 249 g/mol. The van der Waals surface area contributed by atoms with E-state index in [1.165, 1.54) is 5.56 Å². The molecule has 0 saturated carbocycles. The Morgan fingerprint density at radius 2 is 1.78 bits per heavy atom. The lowest BCUT2D eigenvalue weighted by molar-refractivity contribution is -0.116. The van der Waals surface area contributed by atoms with Crippen molar-refractivity contribution in [3.8, 4) is 0 Å². The van der Waals surface area contributed by atoms with Gasteiger partial charge in [-0.15, -0.1) is 0 Å². The van der Waals surface area contributed by atoms with Gasteiger partial charge < -0.3 is 10.4 Å². The molecule has 0 atom stereocenters. The summed E-state index contributed by atoms with van der Waals surface area (Å²) in [6.45, 7) is 6.63. The quantitative estimate of drug-likeness (QED) is 0.788. The van der Waals surface area contributed by atoms with Gasteiger partial charge in [0.05, 0.1) is 0 Å². The number of carbonyl (C=O) groups is 1. The smallest absolute Gasteiger partial charge is 0.224 e. The monoisotopic (exact) mass is 249 g/mol. The molecule has 1 aromatic rings. The number of anilines is 1. The SMILES string of the molecule is CC(C)(C)c1ccc(NC(=O)CCCCO)cc1. The van der Waals surface area contributed by atoms with Crippen molar-refractivity contribution in [2.75, 3.05) is 11.9 Å². The van der Waals surface area contributed by atoms with Gasteiger partial charge in [0.25, 0.3) is 0 Å². The van der Waals surface area contributed by atoms with E-state index in [0.29, 0.717) is 12.8 Å². The van der Waals surface area contributed by atoms with Crippen molar-refractivity contribution in [1.29, 1.82) is 0 Å². The number of unbranched alkanes of at least 4 members (excludes halogenated alkanes) is 1. The van der Waals surface area contributed by atoms with Crippen molar-refractivity contribution >= 4 is 11.6 Å². The van der Waals surface area contributed by atoms with Crippen molar-refractivity contribution in [3.63, 3.8) is 0 Å². The molecule has 18 heavy (non-hydrogen) atoms. The van der Waals surface area contributed by atoms with Crippen LogP contribution in [0.15, 0.2) is 24.3 Å². The molecule has 1 amide bonds. The van der Waals surface area contributed by atoms with Gasteiger partial charge in [-0.3, -0.25) is 4.79 Å². The standard InChI is InChI=1S/C15H23NO2/c1-15(2,3)12-7-9-13(10-8-12)16-14(18)6-4-5-11-17/h7-10,17H,4-6,11H2,1-3H3,(H,16,18). The maximum Gasteiger partial charge on any atom is 0.224 e. The topological polar surface area (TPSA) is 49.3 Å². The van der Waals surface area contributed by atoms with Gasteiger partial charge in [0.1, 0.15) is 0 Å². The van der Waals surface area contributed by atoms with E-state index in [4.69, 9.17) is 5.11 Å². The molecule has 3 heteroatoms. The normalized spacial score (nSPS) is 11.3. The predicted molar refractivity (Wildman–Crippen MR) is 74.7 cm³/mol. The zero-order valence-electron chi connectivity index (χ0n) is 11.5. The lowest BCUT2D eigenvalue weighted by atomic mass is 9.87. The van der Waals surface area contributed by atoms with Crippen LogP contribution in [0, 0.1) is 0 Å². The summed E-state index contributed by atoms with van der Waals surface area (Å²) >= 11 is 0. The van der Waals surface area contributed by atoms with E-state index in [1.807, 2.05) is 24.3 Å². The second kappa shape index (κ2) is 6.55. The molecule has 2 N–H and O–H groups in total. The fourth-order valence-corrected chi connectivity index (χ4v) is 1.67. The third-order valence-corrected chi connectivity index (χ3v) is 2.85. The molecule has 1 aromatic carbocycles. The van der Waals surface area contributed by atoms with E-state index < -0.39 is 0 Å². The van der Waals surface area contributed by atoms with Crippen molar-refractivity contribution in [3.05, 3.63) is 29.8 Å². The molecular formula is C15H23NO2. The van der Waals surface area contributed by atoms with Gasteiger partial charge in [-0.05, 0) is 36.0 Å². The third-order valence-electron chi connectivity index (χ3n) is 2.85. The minimum absolute atomic E-state index is 0.00644. The summed E-state index contributed by atoms with van der Waals surface area (Å²) in [5.41, 5.74) is 2.21. The van der Waals surface area contributed by atoms with E-state index >= 15 is 0 Å². The van der Waals surface area contributed by atoms with Crippen molar-refractivity contribution in [1.82, 2.24) is 0 Å². The van der Waals surface area contributed by atoms with E-state index in [0.717, 1.165) is 12.1 Å². The number of aliphatic hydroxyl groups excluding tert-OH is 1. The minimum Gasteiger partial charge on any atom is -0.396 e. The summed E-state index contributed by atoms with van der Waals surface area (Å²) in [4.78, 5) is 11.6. The molecule has 0 aliphatic heterocycles. The van der Waals surface area contributed by atoms with E-state index in [-0.39, 0.29) is 17.9 Å². The Hall–Kier alpha value is -1.35. The van der Waals surface area contributed by atoms with Crippen LogP contribution in [0.25, 0.3) is 0 Å². The molecule has 0 bridgehead atoms. The van der Waals surface area contributed by atoms with Gasteiger partial charge in [-0.2, -0.15) is 0 Å². The van der Waals surface area contributed by atoms with Crippen molar-refractivity contribution < 1.29 is 9.90 Å². The average Bonchev–Trinajstić information content (AvgIpc) is 2.29. The molecule has 1 rings (SSSR count). The van der Waals surface area contributed by atoms with Crippen LogP contribution in [-0.2, 0) is 10.2 Å². The maximum absolute atomic E-state index is 11.6. The van der Waals surface area contributed by atoms with E-state index in [1.54, 1.807) is 0 Å².